The number of rotatable bonds is 9. The smallest absolute Gasteiger partial charge is 0.269 e. The fraction of sp³-hybridized carbons (Fsp3) is 0.294. The number of nitrogens with zero attached hydrogens (tertiary/aromatic N) is 1. The first kappa shape index (κ1) is 19.7. The van der Waals surface area contributed by atoms with Gasteiger partial charge < -0.3 is 9.47 Å². The van der Waals surface area contributed by atoms with Crippen LogP contribution in [0.1, 0.15) is 11.1 Å². The predicted molar refractivity (Wildman–Crippen MR) is 97.0 cm³/mol. The number of hydrogen-bond acceptors (Lipinski definition) is 6. The summed E-state index contributed by atoms with van der Waals surface area (Å²) >= 11 is 0. The zero-order valence-electron chi connectivity index (χ0n) is 14.5. The Kier molecular flexibility index (Phi) is 6.53. The van der Waals surface area contributed by atoms with Crippen LogP contribution in [0, 0.1) is 10.1 Å². The van der Waals surface area contributed by atoms with Crippen molar-refractivity contribution in [1.29, 1.82) is 0 Å². The van der Waals surface area contributed by atoms with Crippen molar-refractivity contribution < 1.29 is 22.8 Å². The minimum Gasteiger partial charge on any atom is -0.493 e. The number of non-ortho nitro benzene ring substituents is 1. The fourth-order valence-corrected chi connectivity index (χ4v) is 3.55. The molecular formula is C17H20N2O6S. The zero-order valence-corrected chi connectivity index (χ0v) is 15.3. The molecule has 8 nitrogen and oxygen atoms in total. The van der Waals surface area contributed by atoms with E-state index in [9.17, 15) is 18.5 Å². The van der Waals surface area contributed by atoms with E-state index in [4.69, 9.17) is 9.47 Å². The highest BCUT2D eigenvalue weighted by molar-refractivity contribution is 7.88. The molecule has 0 unspecified atom stereocenters. The van der Waals surface area contributed by atoms with Crippen LogP contribution >= 0.6 is 0 Å². The highest BCUT2D eigenvalue weighted by atomic mass is 32.2. The first-order chi connectivity index (χ1) is 12.3. The summed E-state index contributed by atoms with van der Waals surface area (Å²) in [5, 5.41) is 10.8. The molecule has 0 aromatic heterocycles. The van der Waals surface area contributed by atoms with Gasteiger partial charge in [-0.05, 0) is 29.7 Å². The van der Waals surface area contributed by atoms with Crippen LogP contribution in [0.4, 0.5) is 5.69 Å². The van der Waals surface area contributed by atoms with E-state index in [2.05, 4.69) is 4.72 Å². The lowest BCUT2D eigenvalue weighted by molar-refractivity contribution is -0.384. The number of hydrogen-bond donors (Lipinski definition) is 1. The SMILES string of the molecule is COc1ccc(CCNS(=O)(=O)Cc2cccc([N+](=O)[O-])c2)cc1OC. The lowest BCUT2D eigenvalue weighted by Gasteiger charge is -2.10. The van der Waals surface area contributed by atoms with Crippen LogP contribution in [0.2, 0.25) is 0 Å². The molecule has 0 saturated carbocycles. The molecule has 140 valence electrons. The Hall–Kier alpha value is -2.65. The Balaban J connectivity index is 1.96. The standard InChI is InChI=1S/C17H20N2O6S/c1-24-16-7-6-13(11-17(16)25-2)8-9-18-26(22,23)12-14-4-3-5-15(10-14)19(20)21/h3-7,10-11,18H,8-9,12H2,1-2H3. The third kappa shape index (κ3) is 5.43. The zero-order chi connectivity index (χ0) is 19.2. The van der Waals surface area contributed by atoms with Gasteiger partial charge in [0.15, 0.2) is 11.5 Å². The summed E-state index contributed by atoms with van der Waals surface area (Å²) < 4.78 is 37.2. The minimum absolute atomic E-state index is 0.136. The molecule has 0 spiro atoms. The van der Waals surface area contributed by atoms with Crippen molar-refractivity contribution in [2.24, 2.45) is 0 Å². The van der Waals surface area contributed by atoms with Crippen LogP contribution in [0.5, 0.6) is 11.5 Å². The molecule has 0 fully saturated rings. The van der Waals surface area contributed by atoms with Crippen molar-refractivity contribution in [3.63, 3.8) is 0 Å². The topological polar surface area (TPSA) is 108 Å². The van der Waals surface area contributed by atoms with Crippen molar-refractivity contribution in [2.75, 3.05) is 20.8 Å². The van der Waals surface area contributed by atoms with Gasteiger partial charge >= 0.3 is 0 Å². The van der Waals surface area contributed by atoms with Gasteiger partial charge in [-0.15, -0.1) is 0 Å². The van der Waals surface area contributed by atoms with Crippen LogP contribution in [0.15, 0.2) is 42.5 Å². The molecule has 0 atom stereocenters. The van der Waals surface area contributed by atoms with Crippen LogP contribution in [-0.4, -0.2) is 34.1 Å². The van der Waals surface area contributed by atoms with Crippen LogP contribution in [-0.2, 0) is 22.2 Å². The van der Waals surface area contributed by atoms with Gasteiger partial charge in [0.05, 0.1) is 24.9 Å². The number of sulfonamides is 1. The van der Waals surface area contributed by atoms with E-state index in [0.29, 0.717) is 23.5 Å². The van der Waals surface area contributed by atoms with Crippen LogP contribution in [0.25, 0.3) is 0 Å². The normalized spacial score (nSPS) is 11.2. The molecule has 0 bridgehead atoms. The van der Waals surface area contributed by atoms with Crippen molar-refractivity contribution in [3.05, 3.63) is 63.7 Å². The lowest BCUT2D eigenvalue weighted by atomic mass is 10.1. The quantitative estimate of drug-likeness (QED) is 0.528. The number of ether oxygens (including phenoxy) is 2. The summed E-state index contributed by atoms with van der Waals surface area (Å²) in [4.78, 5) is 10.2. The van der Waals surface area contributed by atoms with Gasteiger partial charge in [-0.25, -0.2) is 13.1 Å². The summed E-state index contributed by atoms with van der Waals surface area (Å²) in [6.07, 6.45) is 0.467. The van der Waals surface area contributed by atoms with E-state index < -0.39 is 14.9 Å². The minimum atomic E-state index is -3.60. The largest absolute Gasteiger partial charge is 0.493 e. The Morgan fingerprint density at radius 3 is 2.42 bits per heavy atom. The summed E-state index contributed by atoms with van der Waals surface area (Å²) in [6.45, 7) is 0.201. The molecule has 2 aromatic rings. The first-order valence-corrected chi connectivity index (χ1v) is 9.41. The van der Waals surface area contributed by atoms with E-state index >= 15 is 0 Å². The molecular weight excluding hydrogens is 360 g/mol. The van der Waals surface area contributed by atoms with Gasteiger partial charge in [-0.1, -0.05) is 18.2 Å². The number of methoxy groups -OCH3 is 2. The van der Waals surface area contributed by atoms with E-state index in [1.807, 2.05) is 6.07 Å². The molecule has 1 N–H and O–H groups in total. The summed E-state index contributed by atoms with van der Waals surface area (Å²) in [5.41, 5.74) is 1.11. The molecule has 0 amide bonds. The Labute approximate surface area is 152 Å². The van der Waals surface area contributed by atoms with Gasteiger partial charge in [0.25, 0.3) is 5.69 Å². The Morgan fingerprint density at radius 2 is 1.77 bits per heavy atom. The highest BCUT2D eigenvalue weighted by Gasteiger charge is 2.14. The second-order valence-electron chi connectivity index (χ2n) is 5.52. The van der Waals surface area contributed by atoms with Gasteiger partial charge in [0.1, 0.15) is 0 Å². The molecule has 2 aromatic carbocycles. The average Bonchev–Trinajstić information content (AvgIpc) is 2.61. The maximum Gasteiger partial charge on any atom is 0.269 e. The second-order valence-corrected chi connectivity index (χ2v) is 7.33. The first-order valence-electron chi connectivity index (χ1n) is 7.76. The molecule has 0 saturated heterocycles. The number of nitro benzene ring substituents is 1. The predicted octanol–water partition coefficient (Wildman–Crippen LogP) is 2.27. The number of nitrogens with one attached hydrogen (secondary N) is 1. The highest BCUT2D eigenvalue weighted by Crippen LogP contribution is 2.27. The maximum atomic E-state index is 12.2. The average molecular weight is 380 g/mol. The van der Waals surface area contributed by atoms with Crippen molar-refractivity contribution in [2.45, 2.75) is 12.2 Å². The van der Waals surface area contributed by atoms with E-state index in [0.717, 1.165) is 5.56 Å². The third-order valence-corrected chi connectivity index (χ3v) is 5.02. The van der Waals surface area contributed by atoms with E-state index in [1.54, 1.807) is 25.3 Å². The Morgan fingerprint density at radius 1 is 1.04 bits per heavy atom. The molecule has 0 aliphatic rings. The number of benzene rings is 2. The van der Waals surface area contributed by atoms with Gasteiger partial charge in [-0.2, -0.15) is 0 Å². The molecule has 0 radical (unpaired) electrons. The summed E-state index contributed by atoms with van der Waals surface area (Å²) in [7, 11) is -0.532. The molecule has 2 rings (SSSR count). The molecule has 0 aliphatic heterocycles. The molecule has 9 heteroatoms. The van der Waals surface area contributed by atoms with Gasteiger partial charge in [0, 0.05) is 18.7 Å². The second kappa shape index (κ2) is 8.63. The third-order valence-electron chi connectivity index (χ3n) is 3.66. The van der Waals surface area contributed by atoms with Crippen molar-refractivity contribution in [3.8, 4) is 11.5 Å². The van der Waals surface area contributed by atoms with Gasteiger partial charge in [-0.3, -0.25) is 10.1 Å². The number of nitro groups is 1. The summed E-state index contributed by atoms with van der Waals surface area (Å²) in [6, 6.07) is 11.0. The van der Waals surface area contributed by atoms with Crippen LogP contribution in [0.3, 0.4) is 0 Å². The molecule has 26 heavy (non-hydrogen) atoms. The van der Waals surface area contributed by atoms with E-state index in [1.165, 1.54) is 25.3 Å². The Bertz CT molecular complexity index is 883. The fourth-order valence-electron chi connectivity index (χ4n) is 2.42. The maximum absolute atomic E-state index is 12.2. The van der Waals surface area contributed by atoms with Crippen molar-refractivity contribution >= 4 is 15.7 Å². The molecule has 0 aliphatic carbocycles. The van der Waals surface area contributed by atoms with E-state index in [-0.39, 0.29) is 18.0 Å². The monoisotopic (exact) mass is 380 g/mol. The van der Waals surface area contributed by atoms with Crippen molar-refractivity contribution in [1.82, 2.24) is 4.72 Å². The van der Waals surface area contributed by atoms with Crippen LogP contribution < -0.4 is 14.2 Å². The summed E-state index contributed by atoms with van der Waals surface area (Å²) in [5.74, 6) is 0.854. The lowest BCUT2D eigenvalue weighted by Crippen LogP contribution is -2.27. The van der Waals surface area contributed by atoms with Gasteiger partial charge in [0.2, 0.25) is 10.0 Å². The molecule has 0 heterocycles.